The maximum atomic E-state index is 11.7. The van der Waals surface area contributed by atoms with Gasteiger partial charge in [0.25, 0.3) is 6.33 Å². The number of nitroso groups, excluding NO2 is 1. The zero-order valence-corrected chi connectivity index (χ0v) is 10.9. The monoisotopic (exact) mass is 286 g/mol. The molecule has 0 aliphatic rings. The van der Waals surface area contributed by atoms with Gasteiger partial charge in [-0.1, -0.05) is 18.2 Å². The molecule has 1 aromatic heterocycles. The molecule has 0 unspecified atom stereocenters. The highest BCUT2D eigenvalue weighted by molar-refractivity contribution is 5.93. The van der Waals surface area contributed by atoms with E-state index in [1.54, 1.807) is 24.3 Å². The number of rotatable bonds is 5. The highest BCUT2D eigenvalue weighted by Gasteiger charge is 2.11. The Labute approximate surface area is 119 Å². The molecule has 0 fully saturated rings. The Hall–Kier alpha value is -3.32. The van der Waals surface area contributed by atoms with Gasteiger partial charge in [-0.05, 0) is 17.3 Å². The second kappa shape index (κ2) is 6.73. The Balaban J connectivity index is 1.94. The van der Waals surface area contributed by atoms with E-state index in [1.807, 2.05) is 11.9 Å². The third-order valence-electron chi connectivity index (χ3n) is 2.41. The molecule has 9 heteroatoms. The molecular weight excluding hydrogens is 274 g/mol. The van der Waals surface area contributed by atoms with Crippen molar-refractivity contribution in [1.29, 1.82) is 5.41 Å². The van der Waals surface area contributed by atoms with Gasteiger partial charge in [0.15, 0.2) is 12.2 Å². The number of amides is 2. The normalized spacial score (nSPS) is 9.52. The molecule has 2 rings (SSSR count). The fourth-order valence-corrected chi connectivity index (χ4v) is 1.51. The molecule has 2 amide bonds. The minimum Gasteiger partial charge on any atom is -0.306 e. The van der Waals surface area contributed by atoms with Crippen LogP contribution in [0.5, 0.6) is 0 Å². The third-order valence-corrected chi connectivity index (χ3v) is 2.41. The summed E-state index contributed by atoms with van der Waals surface area (Å²) in [5.41, 5.74) is 3.07. The summed E-state index contributed by atoms with van der Waals surface area (Å²) in [6, 6.07) is 8.52. The molecule has 21 heavy (non-hydrogen) atoms. The number of carbonyl (C=O) groups excluding carboxylic acids is 1. The number of allylic oxidation sites excluding steroid dienone is 1. The van der Waals surface area contributed by atoms with Crippen molar-refractivity contribution in [3.8, 4) is 0 Å². The van der Waals surface area contributed by atoms with Crippen molar-refractivity contribution in [3.63, 3.8) is 0 Å². The zero-order chi connectivity index (χ0) is 15.1. The number of hydrogen-bond donors (Lipinski definition) is 3. The third kappa shape index (κ3) is 4.08. The molecule has 0 bridgehead atoms. The number of benzene rings is 1. The van der Waals surface area contributed by atoms with Crippen LogP contribution in [0.1, 0.15) is 0 Å². The number of anilines is 1. The summed E-state index contributed by atoms with van der Waals surface area (Å²) in [7, 11) is 0. The molecule has 0 saturated heterocycles. The lowest BCUT2D eigenvalue weighted by molar-refractivity contribution is -0.642. The first-order valence-electron chi connectivity index (χ1n) is 5.90. The highest BCUT2D eigenvalue weighted by atomic mass is 16.3. The Morgan fingerprint density at radius 3 is 2.86 bits per heavy atom. The van der Waals surface area contributed by atoms with Gasteiger partial charge in [-0.25, -0.2) is 4.79 Å². The largest absolute Gasteiger partial charge is 0.349 e. The average molecular weight is 286 g/mol. The van der Waals surface area contributed by atoms with Gasteiger partial charge in [-0.15, -0.1) is 14.3 Å². The van der Waals surface area contributed by atoms with Crippen LogP contribution < -0.4 is 15.4 Å². The van der Waals surface area contributed by atoms with Gasteiger partial charge < -0.3 is 5.32 Å². The molecule has 0 aliphatic heterocycles. The van der Waals surface area contributed by atoms with Crippen molar-refractivity contribution in [2.24, 2.45) is 5.18 Å². The first kappa shape index (κ1) is 14.1. The van der Waals surface area contributed by atoms with Crippen molar-refractivity contribution in [2.45, 2.75) is 6.54 Å². The van der Waals surface area contributed by atoms with E-state index < -0.39 is 6.03 Å². The SMILES string of the molecule is N=C=C(Cn1c[n+](NC(=O)Nc2ccccc2)cn1)N=O. The van der Waals surface area contributed by atoms with Crippen LogP contribution in [0, 0.1) is 10.3 Å². The first-order chi connectivity index (χ1) is 10.2. The van der Waals surface area contributed by atoms with Gasteiger partial charge in [0.2, 0.25) is 6.33 Å². The predicted octanol–water partition coefficient (Wildman–Crippen LogP) is 0.845. The summed E-state index contributed by atoms with van der Waals surface area (Å²) in [5, 5.41) is 16.0. The summed E-state index contributed by atoms with van der Waals surface area (Å²) >= 11 is 0. The molecular formula is C12H12N7O2+. The van der Waals surface area contributed by atoms with E-state index >= 15 is 0 Å². The van der Waals surface area contributed by atoms with Gasteiger partial charge in [0, 0.05) is 16.7 Å². The van der Waals surface area contributed by atoms with Crippen LogP contribution in [0.3, 0.4) is 0 Å². The van der Waals surface area contributed by atoms with Crippen molar-refractivity contribution < 1.29 is 9.47 Å². The lowest BCUT2D eigenvalue weighted by Crippen LogP contribution is -2.48. The van der Waals surface area contributed by atoms with Crippen LogP contribution in [0.2, 0.25) is 0 Å². The van der Waals surface area contributed by atoms with E-state index in [-0.39, 0.29) is 12.2 Å². The number of para-hydroxylation sites is 1. The van der Waals surface area contributed by atoms with Gasteiger partial charge in [0.05, 0.1) is 0 Å². The number of urea groups is 1. The zero-order valence-electron chi connectivity index (χ0n) is 10.9. The quantitative estimate of drug-likeness (QED) is 0.429. The fourth-order valence-electron chi connectivity index (χ4n) is 1.51. The summed E-state index contributed by atoms with van der Waals surface area (Å²) < 4.78 is 2.64. The van der Waals surface area contributed by atoms with Gasteiger partial charge >= 0.3 is 6.03 Å². The molecule has 0 saturated carbocycles. The maximum Gasteiger partial charge on any atom is 0.349 e. The summed E-state index contributed by atoms with van der Waals surface area (Å²) in [6.07, 6.45) is 2.78. The fraction of sp³-hybridized carbons (Fsp3) is 0.0833. The van der Waals surface area contributed by atoms with Crippen LogP contribution in [0.25, 0.3) is 0 Å². The molecule has 1 aromatic carbocycles. The molecule has 2 aromatic rings. The number of nitrogens with zero attached hydrogens (tertiary/aromatic N) is 4. The maximum absolute atomic E-state index is 11.7. The molecule has 3 N–H and O–H groups in total. The molecule has 1 heterocycles. The number of hydrogen-bond acceptors (Lipinski definition) is 5. The second-order valence-electron chi connectivity index (χ2n) is 3.95. The number of carbonyl (C=O) groups is 1. The predicted molar refractivity (Wildman–Crippen MR) is 74.3 cm³/mol. The van der Waals surface area contributed by atoms with Crippen LogP contribution in [-0.2, 0) is 6.54 Å². The van der Waals surface area contributed by atoms with E-state index in [0.717, 1.165) is 0 Å². The lowest BCUT2D eigenvalue weighted by atomic mass is 10.3. The first-order valence-corrected chi connectivity index (χ1v) is 5.90. The lowest BCUT2D eigenvalue weighted by Gasteiger charge is -2.03. The Bertz CT molecular complexity index is 689. The van der Waals surface area contributed by atoms with Crippen LogP contribution in [0.4, 0.5) is 10.5 Å². The minimum absolute atomic E-state index is 0.00197. The van der Waals surface area contributed by atoms with Crippen LogP contribution in [-0.4, -0.2) is 21.7 Å². The molecule has 0 spiro atoms. The average Bonchev–Trinajstić information content (AvgIpc) is 2.92. The van der Waals surface area contributed by atoms with Crippen molar-refractivity contribution >= 4 is 17.6 Å². The summed E-state index contributed by atoms with van der Waals surface area (Å²) in [5.74, 6) is 1.90. The Morgan fingerprint density at radius 1 is 1.43 bits per heavy atom. The number of nitrogens with one attached hydrogen (secondary N) is 3. The summed E-state index contributed by atoms with van der Waals surface area (Å²) in [6.45, 7) is 0.00197. The molecule has 9 nitrogen and oxygen atoms in total. The van der Waals surface area contributed by atoms with E-state index in [9.17, 15) is 9.70 Å². The van der Waals surface area contributed by atoms with Crippen molar-refractivity contribution in [2.75, 3.05) is 10.7 Å². The minimum atomic E-state index is -0.443. The molecule has 0 atom stereocenters. The van der Waals surface area contributed by atoms with Gasteiger partial charge in [0.1, 0.15) is 0 Å². The Kier molecular flexibility index (Phi) is 4.52. The molecule has 0 radical (unpaired) electrons. The molecule has 0 aliphatic carbocycles. The Morgan fingerprint density at radius 2 is 2.19 bits per heavy atom. The van der Waals surface area contributed by atoms with Crippen LogP contribution in [0.15, 0.2) is 53.9 Å². The van der Waals surface area contributed by atoms with E-state index in [4.69, 9.17) is 5.41 Å². The topological polar surface area (TPSA) is 116 Å². The van der Waals surface area contributed by atoms with Gasteiger partial charge in [-0.2, -0.15) is 5.43 Å². The standard InChI is InChI=1S/C12H11N7O2/c13-6-11(17-21)7-18-9-19(8-14-18)16-12(20)15-10-4-2-1-3-5-10/h1-5,8-9,13H,7H2,(H-,15,16,20)/p+1. The van der Waals surface area contributed by atoms with Crippen LogP contribution >= 0.6 is 0 Å². The van der Waals surface area contributed by atoms with E-state index in [2.05, 4.69) is 21.0 Å². The second-order valence-corrected chi connectivity index (χ2v) is 3.95. The summed E-state index contributed by atoms with van der Waals surface area (Å²) in [4.78, 5) is 22.1. The van der Waals surface area contributed by atoms with Crippen molar-refractivity contribution in [3.05, 3.63) is 53.6 Å². The number of aromatic nitrogens is 3. The molecule has 106 valence electrons. The highest BCUT2D eigenvalue weighted by Crippen LogP contribution is 2.03. The van der Waals surface area contributed by atoms with Gasteiger partial charge in [-0.3, -0.25) is 5.41 Å². The van der Waals surface area contributed by atoms with Crippen molar-refractivity contribution in [1.82, 2.24) is 9.78 Å². The van der Waals surface area contributed by atoms with E-state index in [1.165, 1.54) is 22.0 Å². The van der Waals surface area contributed by atoms with E-state index in [0.29, 0.717) is 5.69 Å². The smallest absolute Gasteiger partial charge is 0.306 e.